The molecule has 0 saturated heterocycles. The van der Waals surface area contributed by atoms with Crippen molar-refractivity contribution in [2.24, 2.45) is 4.99 Å². The zero-order chi connectivity index (χ0) is 19.0. The van der Waals surface area contributed by atoms with E-state index in [9.17, 15) is 5.11 Å². The molecular formula is C19H27ClIN3O3. The van der Waals surface area contributed by atoms with Crippen molar-refractivity contribution in [1.82, 2.24) is 10.6 Å². The molecule has 2 rings (SSSR count). The van der Waals surface area contributed by atoms with Gasteiger partial charge in [-0.05, 0) is 57.2 Å². The average Bonchev–Trinajstić information content (AvgIpc) is 3.15. The summed E-state index contributed by atoms with van der Waals surface area (Å²) in [6, 6.07) is 10.7. The molecule has 0 aliphatic carbocycles. The van der Waals surface area contributed by atoms with Crippen LogP contribution in [0, 0.1) is 0 Å². The SMILES string of the molecule is CCNC(=NCC(C)(O)c1ccco1)NCC(C)Oc1ccc(Cl)cc1.I. The summed E-state index contributed by atoms with van der Waals surface area (Å²) in [5, 5.41) is 17.5. The number of aliphatic hydroxyl groups is 1. The topological polar surface area (TPSA) is 79.0 Å². The zero-order valence-electron chi connectivity index (χ0n) is 15.7. The lowest BCUT2D eigenvalue weighted by Gasteiger charge is -2.21. The van der Waals surface area contributed by atoms with Gasteiger partial charge in [0.1, 0.15) is 23.2 Å². The number of furan rings is 1. The van der Waals surface area contributed by atoms with Gasteiger partial charge in [0.2, 0.25) is 0 Å². The molecule has 6 nitrogen and oxygen atoms in total. The van der Waals surface area contributed by atoms with Crippen LogP contribution in [0.25, 0.3) is 0 Å². The third-order valence-electron chi connectivity index (χ3n) is 3.65. The van der Waals surface area contributed by atoms with E-state index in [1.807, 2.05) is 26.0 Å². The van der Waals surface area contributed by atoms with Gasteiger partial charge >= 0.3 is 0 Å². The molecule has 0 radical (unpaired) electrons. The first-order valence-electron chi connectivity index (χ1n) is 8.61. The Labute approximate surface area is 182 Å². The van der Waals surface area contributed by atoms with Crippen molar-refractivity contribution >= 4 is 41.5 Å². The van der Waals surface area contributed by atoms with Gasteiger partial charge in [0.05, 0.1) is 19.4 Å². The van der Waals surface area contributed by atoms with Crippen LogP contribution < -0.4 is 15.4 Å². The molecule has 0 aliphatic rings. The molecule has 0 aliphatic heterocycles. The predicted octanol–water partition coefficient (Wildman–Crippen LogP) is 3.78. The summed E-state index contributed by atoms with van der Waals surface area (Å²) in [4.78, 5) is 4.44. The first-order valence-corrected chi connectivity index (χ1v) is 8.99. The van der Waals surface area contributed by atoms with Crippen LogP contribution in [0.1, 0.15) is 26.5 Å². The van der Waals surface area contributed by atoms with Crippen molar-refractivity contribution in [2.45, 2.75) is 32.5 Å². The highest BCUT2D eigenvalue weighted by Gasteiger charge is 2.26. The van der Waals surface area contributed by atoms with Crippen molar-refractivity contribution in [3.05, 3.63) is 53.4 Å². The van der Waals surface area contributed by atoms with Crippen molar-refractivity contribution < 1.29 is 14.3 Å². The third-order valence-corrected chi connectivity index (χ3v) is 3.90. The molecule has 0 fully saturated rings. The first-order chi connectivity index (χ1) is 12.4. The third kappa shape index (κ3) is 7.98. The second kappa shape index (κ2) is 11.4. The van der Waals surface area contributed by atoms with Crippen LogP contribution in [0.3, 0.4) is 0 Å². The number of nitrogens with one attached hydrogen (secondary N) is 2. The minimum atomic E-state index is -1.17. The van der Waals surface area contributed by atoms with Gasteiger partial charge in [-0.25, -0.2) is 4.99 Å². The molecule has 0 bridgehead atoms. The number of ether oxygens (including phenoxy) is 1. The smallest absolute Gasteiger partial charge is 0.191 e. The Morgan fingerprint density at radius 3 is 2.59 bits per heavy atom. The van der Waals surface area contributed by atoms with E-state index in [4.69, 9.17) is 20.8 Å². The fourth-order valence-electron chi connectivity index (χ4n) is 2.27. The maximum absolute atomic E-state index is 10.5. The van der Waals surface area contributed by atoms with E-state index in [0.717, 1.165) is 5.75 Å². The Morgan fingerprint density at radius 1 is 1.30 bits per heavy atom. The fourth-order valence-corrected chi connectivity index (χ4v) is 2.39. The quantitative estimate of drug-likeness (QED) is 0.288. The molecule has 1 aromatic carbocycles. The summed E-state index contributed by atoms with van der Waals surface area (Å²) in [6.45, 7) is 7.05. The normalized spacial score (nSPS) is 14.6. The minimum Gasteiger partial charge on any atom is -0.489 e. The molecule has 0 saturated carbocycles. The first kappa shape index (κ1) is 23.6. The van der Waals surface area contributed by atoms with E-state index in [0.29, 0.717) is 29.8 Å². The molecule has 0 amide bonds. The predicted molar refractivity (Wildman–Crippen MR) is 119 cm³/mol. The number of guanidine groups is 1. The van der Waals surface area contributed by atoms with Gasteiger partial charge < -0.3 is 24.9 Å². The van der Waals surface area contributed by atoms with Crippen LogP contribution in [0.5, 0.6) is 5.75 Å². The van der Waals surface area contributed by atoms with Crippen LogP contribution in [0.4, 0.5) is 0 Å². The van der Waals surface area contributed by atoms with E-state index in [-0.39, 0.29) is 36.6 Å². The Bertz CT molecular complexity index is 691. The number of hydrogen-bond acceptors (Lipinski definition) is 4. The lowest BCUT2D eigenvalue weighted by Crippen LogP contribution is -2.42. The van der Waals surface area contributed by atoms with Crippen molar-refractivity contribution in [1.29, 1.82) is 0 Å². The van der Waals surface area contributed by atoms with E-state index >= 15 is 0 Å². The highest BCUT2D eigenvalue weighted by molar-refractivity contribution is 14.0. The molecule has 1 heterocycles. The van der Waals surface area contributed by atoms with E-state index in [2.05, 4.69) is 15.6 Å². The summed E-state index contributed by atoms with van der Waals surface area (Å²) in [7, 11) is 0. The maximum Gasteiger partial charge on any atom is 0.191 e. The van der Waals surface area contributed by atoms with E-state index in [1.165, 1.54) is 6.26 Å². The van der Waals surface area contributed by atoms with Crippen LogP contribution in [-0.4, -0.2) is 36.8 Å². The number of halogens is 2. The van der Waals surface area contributed by atoms with Gasteiger partial charge in [-0.2, -0.15) is 0 Å². The summed E-state index contributed by atoms with van der Waals surface area (Å²) < 4.78 is 11.1. The number of benzene rings is 1. The average molecular weight is 508 g/mol. The summed E-state index contributed by atoms with van der Waals surface area (Å²) in [5.41, 5.74) is -1.17. The standard InChI is InChI=1S/C19H26ClN3O3.HI/c1-4-21-18(23-13-19(3,24)17-6-5-11-25-17)22-12-14(2)26-16-9-7-15(20)8-10-16;/h5-11,14,24H,4,12-13H2,1-3H3,(H2,21,22,23);1H. The van der Waals surface area contributed by atoms with Gasteiger partial charge in [-0.1, -0.05) is 11.6 Å². The maximum atomic E-state index is 10.5. The van der Waals surface area contributed by atoms with E-state index < -0.39 is 5.60 Å². The highest BCUT2D eigenvalue weighted by atomic mass is 127. The molecule has 1 aromatic heterocycles. The van der Waals surface area contributed by atoms with Gasteiger partial charge in [0.15, 0.2) is 5.96 Å². The molecule has 150 valence electrons. The van der Waals surface area contributed by atoms with Crippen molar-refractivity contribution in [3.63, 3.8) is 0 Å². The number of hydrogen-bond donors (Lipinski definition) is 3. The summed E-state index contributed by atoms with van der Waals surface area (Å²) in [5.74, 6) is 1.84. The van der Waals surface area contributed by atoms with Crippen molar-refractivity contribution in [3.8, 4) is 5.75 Å². The zero-order valence-corrected chi connectivity index (χ0v) is 18.8. The molecule has 2 atom stereocenters. The largest absolute Gasteiger partial charge is 0.489 e. The van der Waals surface area contributed by atoms with Gasteiger partial charge in [-0.15, -0.1) is 24.0 Å². The lowest BCUT2D eigenvalue weighted by molar-refractivity contribution is 0.0437. The number of rotatable bonds is 8. The Balaban J connectivity index is 0.00000364. The molecule has 2 aromatic rings. The van der Waals surface area contributed by atoms with Crippen LogP contribution in [0.2, 0.25) is 5.02 Å². The second-order valence-electron chi connectivity index (χ2n) is 6.21. The molecule has 2 unspecified atom stereocenters. The van der Waals surface area contributed by atoms with Gasteiger partial charge in [0, 0.05) is 11.6 Å². The molecular weight excluding hydrogens is 481 g/mol. The molecule has 0 spiro atoms. The van der Waals surface area contributed by atoms with Gasteiger partial charge in [0.25, 0.3) is 0 Å². The highest BCUT2D eigenvalue weighted by Crippen LogP contribution is 2.21. The Kier molecular flexibility index (Phi) is 9.97. The van der Waals surface area contributed by atoms with Crippen LogP contribution in [-0.2, 0) is 5.60 Å². The fraction of sp³-hybridized carbons (Fsp3) is 0.421. The lowest BCUT2D eigenvalue weighted by atomic mass is 10.0. The number of nitrogens with zero attached hydrogens (tertiary/aromatic N) is 1. The van der Waals surface area contributed by atoms with Gasteiger partial charge in [-0.3, -0.25) is 0 Å². The Morgan fingerprint density at radius 2 is 2.00 bits per heavy atom. The summed E-state index contributed by atoms with van der Waals surface area (Å²) >= 11 is 5.88. The van der Waals surface area contributed by atoms with E-state index in [1.54, 1.807) is 31.2 Å². The van der Waals surface area contributed by atoms with Crippen LogP contribution >= 0.6 is 35.6 Å². The molecule has 3 N–H and O–H groups in total. The Hall–Kier alpha value is -1.45. The number of aliphatic imine (C=N–C) groups is 1. The molecule has 8 heteroatoms. The van der Waals surface area contributed by atoms with Crippen molar-refractivity contribution in [2.75, 3.05) is 19.6 Å². The second-order valence-corrected chi connectivity index (χ2v) is 6.65. The minimum absolute atomic E-state index is 0. The monoisotopic (exact) mass is 507 g/mol. The summed E-state index contributed by atoms with van der Waals surface area (Å²) in [6.07, 6.45) is 1.46. The van der Waals surface area contributed by atoms with Crippen LogP contribution in [0.15, 0.2) is 52.1 Å². The molecule has 27 heavy (non-hydrogen) atoms.